The standard InChI is InChI=1S/C22H21N5O5/c1-12-4-9-16(10-13(12)2)27-20(29)18-19(21(27)30)26(25-24-18)11-17(28)23-15-7-5-14(6-8-15)22(31)32-3/h4-10,18-19H,11H2,1-3H3,(H,23,28)/t18-,19-/m1/s1. The van der Waals surface area contributed by atoms with E-state index in [0.29, 0.717) is 16.9 Å². The quantitative estimate of drug-likeness (QED) is 0.567. The number of carbonyl (C=O) groups is 4. The molecule has 1 saturated heterocycles. The molecule has 0 aliphatic carbocycles. The first-order valence-electron chi connectivity index (χ1n) is 9.91. The number of nitrogens with one attached hydrogen (secondary N) is 1. The van der Waals surface area contributed by atoms with E-state index in [2.05, 4.69) is 20.4 Å². The van der Waals surface area contributed by atoms with Gasteiger partial charge in [-0.05, 0) is 61.4 Å². The number of anilines is 2. The summed E-state index contributed by atoms with van der Waals surface area (Å²) in [6.45, 7) is 3.58. The van der Waals surface area contributed by atoms with Gasteiger partial charge in [0.25, 0.3) is 11.8 Å². The third kappa shape index (κ3) is 3.70. The summed E-state index contributed by atoms with van der Waals surface area (Å²) in [7, 11) is 1.28. The second kappa shape index (κ2) is 8.22. The molecule has 2 atom stereocenters. The minimum Gasteiger partial charge on any atom is -0.465 e. The van der Waals surface area contributed by atoms with Crippen LogP contribution < -0.4 is 10.2 Å². The molecule has 2 aromatic carbocycles. The summed E-state index contributed by atoms with van der Waals surface area (Å²) >= 11 is 0. The van der Waals surface area contributed by atoms with Crippen molar-refractivity contribution in [3.63, 3.8) is 0 Å². The Hall–Kier alpha value is -4.08. The third-order valence-corrected chi connectivity index (χ3v) is 5.50. The molecule has 0 spiro atoms. The summed E-state index contributed by atoms with van der Waals surface area (Å²) in [5.74, 6) is -1.86. The molecule has 164 valence electrons. The fourth-order valence-electron chi connectivity index (χ4n) is 3.63. The zero-order valence-corrected chi connectivity index (χ0v) is 17.7. The predicted octanol–water partition coefficient (Wildman–Crippen LogP) is 2.02. The number of amides is 3. The van der Waals surface area contributed by atoms with Crippen molar-refractivity contribution < 1.29 is 23.9 Å². The van der Waals surface area contributed by atoms with Crippen LogP contribution in [0.5, 0.6) is 0 Å². The number of aryl methyl sites for hydroxylation is 2. The SMILES string of the molecule is COC(=O)c1ccc(NC(=O)CN2N=N[C@H]3C(=O)N(c4ccc(C)c(C)c4)C(=O)[C@@H]32)cc1. The monoisotopic (exact) mass is 435 g/mol. The second-order valence-electron chi connectivity index (χ2n) is 7.59. The van der Waals surface area contributed by atoms with Gasteiger partial charge in [-0.1, -0.05) is 11.3 Å². The lowest BCUT2D eigenvalue weighted by Gasteiger charge is -2.20. The Balaban J connectivity index is 1.45. The van der Waals surface area contributed by atoms with Crippen molar-refractivity contribution in [2.75, 3.05) is 23.9 Å². The number of benzene rings is 2. The number of ether oxygens (including phenoxy) is 1. The summed E-state index contributed by atoms with van der Waals surface area (Å²) < 4.78 is 4.64. The van der Waals surface area contributed by atoms with E-state index in [0.717, 1.165) is 16.0 Å². The molecule has 4 rings (SSSR count). The molecule has 1 N–H and O–H groups in total. The topological polar surface area (TPSA) is 121 Å². The molecular formula is C22H21N5O5. The molecule has 0 unspecified atom stereocenters. The van der Waals surface area contributed by atoms with Crippen LogP contribution in [0.4, 0.5) is 11.4 Å². The molecule has 32 heavy (non-hydrogen) atoms. The highest BCUT2D eigenvalue weighted by atomic mass is 16.5. The molecule has 2 aromatic rings. The van der Waals surface area contributed by atoms with Crippen molar-refractivity contribution in [2.45, 2.75) is 25.9 Å². The Bertz CT molecular complexity index is 1140. The summed E-state index contributed by atoms with van der Waals surface area (Å²) in [5.41, 5.74) is 3.29. The second-order valence-corrected chi connectivity index (χ2v) is 7.59. The molecule has 10 heteroatoms. The highest BCUT2D eigenvalue weighted by molar-refractivity contribution is 6.25. The fraction of sp³-hybridized carbons (Fsp3) is 0.273. The van der Waals surface area contributed by atoms with Gasteiger partial charge in [-0.2, -0.15) is 5.11 Å². The average molecular weight is 435 g/mol. The van der Waals surface area contributed by atoms with Crippen LogP contribution in [0.15, 0.2) is 52.8 Å². The molecule has 2 heterocycles. The summed E-state index contributed by atoms with van der Waals surface area (Å²) in [4.78, 5) is 51.0. The fourth-order valence-corrected chi connectivity index (χ4v) is 3.63. The van der Waals surface area contributed by atoms with Crippen molar-refractivity contribution in [3.8, 4) is 0 Å². The molecule has 0 radical (unpaired) electrons. The van der Waals surface area contributed by atoms with E-state index in [-0.39, 0.29) is 6.54 Å². The molecule has 0 aromatic heterocycles. The van der Waals surface area contributed by atoms with Crippen LogP contribution in [-0.4, -0.2) is 54.4 Å². The Morgan fingerprint density at radius 1 is 1.03 bits per heavy atom. The minimum absolute atomic E-state index is 0.261. The maximum Gasteiger partial charge on any atom is 0.337 e. The lowest BCUT2D eigenvalue weighted by molar-refractivity contribution is -0.123. The third-order valence-electron chi connectivity index (χ3n) is 5.50. The molecule has 0 saturated carbocycles. The normalized spacial score (nSPS) is 19.3. The first-order chi connectivity index (χ1) is 15.3. The van der Waals surface area contributed by atoms with Gasteiger partial charge in [0.05, 0.1) is 18.4 Å². The summed E-state index contributed by atoms with van der Waals surface area (Å²) in [5, 5.41) is 11.7. The molecule has 3 amide bonds. The number of methoxy groups -OCH3 is 1. The predicted molar refractivity (Wildman–Crippen MR) is 114 cm³/mol. The van der Waals surface area contributed by atoms with Crippen LogP contribution in [0, 0.1) is 13.8 Å². The van der Waals surface area contributed by atoms with Gasteiger partial charge in [0.2, 0.25) is 5.91 Å². The van der Waals surface area contributed by atoms with Gasteiger partial charge in [0.15, 0.2) is 12.1 Å². The lowest BCUT2D eigenvalue weighted by Crippen LogP contribution is -2.43. The van der Waals surface area contributed by atoms with Crippen LogP contribution in [0.2, 0.25) is 0 Å². The van der Waals surface area contributed by atoms with Crippen molar-refractivity contribution in [2.24, 2.45) is 10.3 Å². The zero-order chi connectivity index (χ0) is 23.0. The number of carbonyl (C=O) groups excluding carboxylic acids is 4. The molecule has 10 nitrogen and oxygen atoms in total. The van der Waals surface area contributed by atoms with E-state index >= 15 is 0 Å². The molecule has 2 aliphatic rings. The van der Waals surface area contributed by atoms with Crippen LogP contribution in [-0.2, 0) is 19.1 Å². The van der Waals surface area contributed by atoms with Gasteiger partial charge in [0, 0.05) is 5.69 Å². The molecule has 2 aliphatic heterocycles. The van der Waals surface area contributed by atoms with E-state index < -0.39 is 35.8 Å². The maximum atomic E-state index is 13.0. The smallest absolute Gasteiger partial charge is 0.337 e. The van der Waals surface area contributed by atoms with Gasteiger partial charge < -0.3 is 10.1 Å². The number of hydrogen-bond acceptors (Lipinski definition) is 8. The molecular weight excluding hydrogens is 414 g/mol. The van der Waals surface area contributed by atoms with Crippen LogP contribution in [0.1, 0.15) is 21.5 Å². The molecule has 0 bridgehead atoms. The van der Waals surface area contributed by atoms with E-state index in [1.165, 1.54) is 24.3 Å². The van der Waals surface area contributed by atoms with E-state index in [9.17, 15) is 19.2 Å². The summed E-state index contributed by atoms with van der Waals surface area (Å²) in [6.07, 6.45) is 0. The van der Waals surface area contributed by atoms with Crippen LogP contribution >= 0.6 is 0 Å². The van der Waals surface area contributed by atoms with Gasteiger partial charge in [0.1, 0.15) is 6.54 Å². The zero-order valence-electron chi connectivity index (χ0n) is 17.7. The number of imide groups is 1. The van der Waals surface area contributed by atoms with Gasteiger partial charge in [-0.15, -0.1) is 0 Å². The van der Waals surface area contributed by atoms with Gasteiger partial charge in [-0.25, -0.2) is 9.69 Å². The first-order valence-corrected chi connectivity index (χ1v) is 9.91. The molecule has 1 fully saturated rings. The van der Waals surface area contributed by atoms with Crippen molar-refractivity contribution in [1.82, 2.24) is 5.01 Å². The lowest BCUT2D eigenvalue weighted by atomic mass is 10.1. The largest absolute Gasteiger partial charge is 0.465 e. The number of nitrogens with zero attached hydrogens (tertiary/aromatic N) is 4. The van der Waals surface area contributed by atoms with Crippen molar-refractivity contribution >= 4 is 35.1 Å². The van der Waals surface area contributed by atoms with E-state index in [4.69, 9.17) is 0 Å². The number of hydrogen-bond donors (Lipinski definition) is 1. The number of fused-ring (bicyclic) bond motifs is 1. The Morgan fingerprint density at radius 2 is 1.75 bits per heavy atom. The minimum atomic E-state index is -0.976. The van der Waals surface area contributed by atoms with Crippen molar-refractivity contribution in [1.29, 1.82) is 0 Å². The number of rotatable bonds is 5. The highest BCUT2D eigenvalue weighted by Crippen LogP contribution is 2.32. The first kappa shape index (κ1) is 21.2. The van der Waals surface area contributed by atoms with E-state index in [1.54, 1.807) is 24.3 Å². The summed E-state index contributed by atoms with van der Waals surface area (Å²) in [6, 6.07) is 9.56. The van der Waals surface area contributed by atoms with Crippen LogP contribution in [0.3, 0.4) is 0 Å². The Morgan fingerprint density at radius 3 is 2.41 bits per heavy atom. The van der Waals surface area contributed by atoms with Crippen LogP contribution in [0.25, 0.3) is 0 Å². The Kier molecular flexibility index (Phi) is 5.43. The Labute approximate surface area is 183 Å². The maximum absolute atomic E-state index is 13.0. The van der Waals surface area contributed by atoms with Gasteiger partial charge >= 0.3 is 5.97 Å². The highest BCUT2D eigenvalue weighted by Gasteiger charge is 2.55. The van der Waals surface area contributed by atoms with Crippen molar-refractivity contribution in [3.05, 3.63) is 59.2 Å². The average Bonchev–Trinajstić information content (AvgIpc) is 3.29. The van der Waals surface area contributed by atoms with Gasteiger partial charge in [-0.3, -0.25) is 19.4 Å². The number of esters is 1. The van der Waals surface area contributed by atoms with E-state index in [1.807, 2.05) is 19.9 Å².